The first-order valence-corrected chi connectivity index (χ1v) is 6.65. The lowest BCUT2D eigenvalue weighted by molar-refractivity contribution is -0.00199. The summed E-state index contributed by atoms with van der Waals surface area (Å²) in [6, 6.07) is 0. The number of thiazole rings is 1. The van der Waals surface area contributed by atoms with Crippen molar-refractivity contribution < 1.29 is 4.74 Å². The number of halogens is 1. The molecule has 5 heteroatoms. The van der Waals surface area contributed by atoms with Crippen LogP contribution in [0, 0.1) is 0 Å². The predicted molar refractivity (Wildman–Crippen MR) is 62.5 cm³/mol. The van der Waals surface area contributed by atoms with E-state index < -0.39 is 0 Å². The summed E-state index contributed by atoms with van der Waals surface area (Å²) in [4.78, 5) is 6.61. The van der Waals surface area contributed by atoms with Crippen molar-refractivity contribution in [2.75, 3.05) is 23.3 Å². The van der Waals surface area contributed by atoms with Crippen LogP contribution in [0.1, 0.15) is 6.92 Å². The number of morpholine rings is 1. The molecule has 0 aliphatic carbocycles. The lowest BCUT2D eigenvalue weighted by Gasteiger charge is -2.35. The minimum atomic E-state index is 0.280. The summed E-state index contributed by atoms with van der Waals surface area (Å²) in [5.41, 5.74) is 0. The van der Waals surface area contributed by atoms with Crippen LogP contribution in [0.5, 0.6) is 0 Å². The van der Waals surface area contributed by atoms with Gasteiger partial charge in [0, 0.05) is 30.0 Å². The number of anilines is 1. The van der Waals surface area contributed by atoms with Gasteiger partial charge in [0.2, 0.25) is 0 Å². The Labute approximate surface area is 96.2 Å². The van der Waals surface area contributed by atoms with Crippen LogP contribution < -0.4 is 4.90 Å². The van der Waals surface area contributed by atoms with Crippen LogP contribution in [0.25, 0.3) is 0 Å². The SMILES string of the molecule is CC1CN(c2nccs2)CC(CBr)O1. The highest BCUT2D eigenvalue weighted by Gasteiger charge is 2.25. The lowest BCUT2D eigenvalue weighted by Crippen LogP contribution is -2.47. The Morgan fingerprint density at radius 2 is 2.57 bits per heavy atom. The van der Waals surface area contributed by atoms with Crippen LogP contribution in [0.4, 0.5) is 5.13 Å². The molecule has 0 amide bonds. The van der Waals surface area contributed by atoms with Crippen LogP contribution in [0.3, 0.4) is 0 Å². The Hall–Kier alpha value is -0.130. The number of rotatable bonds is 2. The first-order chi connectivity index (χ1) is 6.79. The van der Waals surface area contributed by atoms with Crippen LogP contribution in [-0.2, 0) is 4.74 Å². The van der Waals surface area contributed by atoms with E-state index >= 15 is 0 Å². The first kappa shape index (κ1) is 10.4. The topological polar surface area (TPSA) is 25.4 Å². The summed E-state index contributed by atoms with van der Waals surface area (Å²) in [5, 5.41) is 4.00. The second-order valence-electron chi connectivity index (χ2n) is 3.44. The number of nitrogens with zero attached hydrogens (tertiary/aromatic N) is 2. The monoisotopic (exact) mass is 276 g/mol. The number of aromatic nitrogens is 1. The molecule has 78 valence electrons. The van der Waals surface area contributed by atoms with Crippen LogP contribution in [0.2, 0.25) is 0 Å². The molecule has 0 radical (unpaired) electrons. The molecule has 0 aromatic carbocycles. The molecule has 0 N–H and O–H groups in total. The highest BCUT2D eigenvalue weighted by Crippen LogP contribution is 2.22. The van der Waals surface area contributed by atoms with Crippen molar-refractivity contribution in [1.29, 1.82) is 0 Å². The second kappa shape index (κ2) is 4.59. The quantitative estimate of drug-likeness (QED) is 0.774. The van der Waals surface area contributed by atoms with E-state index in [1.165, 1.54) is 0 Å². The van der Waals surface area contributed by atoms with Crippen molar-refractivity contribution in [3.05, 3.63) is 11.6 Å². The van der Waals surface area contributed by atoms with Gasteiger partial charge in [-0.3, -0.25) is 0 Å². The molecule has 1 aliphatic heterocycles. The summed E-state index contributed by atoms with van der Waals surface area (Å²) in [7, 11) is 0. The number of alkyl halides is 1. The Kier molecular flexibility index (Phi) is 3.41. The van der Waals surface area contributed by atoms with E-state index in [1.807, 2.05) is 11.6 Å². The fourth-order valence-corrected chi connectivity index (χ4v) is 2.68. The van der Waals surface area contributed by atoms with Gasteiger partial charge in [-0.1, -0.05) is 15.9 Å². The largest absolute Gasteiger partial charge is 0.371 e. The number of ether oxygens (including phenoxy) is 1. The van der Waals surface area contributed by atoms with E-state index in [2.05, 4.69) is 32.7 Å². The van der Waals surface area contributed by atoms with Gasteiger partial charge in [-0.25, -0.2) is 4.98 Å². The maximum absolute atomic E-state index is 5.75. The summed E-state index contributed by atoms with van der Waals surface area (Å²) in [6.07, 6.45) is 2.42. The van der Waals surface area contributed by atoms with Gasteiger partial charge >= 0.3 is 0 Å². The third kappa shape index (κ3) is 2.27. The molecular formula is C9H13BrN2OS. The van der Waals surface area contributed by atoms with Gasteiger partial charge in [0.15, 0.2) is 5.13 Å². The summed E-state index contributed by atoms with van der Waals surface area (Å²) in [5.74, 6) is 0. The molecule has 1 aromatic heterocycles. The Morgan fingerprint density at radius 1 is 1.71 bits per heavy atom. The minimum absolute atomic E-state index is 0.280. The fraction of sp³-hybridized carbons (Fsp3) is 0.667. The van der Waals surface area contributed by atoms with E-state index in [1.54, 1.807) is 11.3 Å². The van der Waals surface area contributed by atoms with Crippen LogP contribution in [0.15, 0.2) is 11.6 Å². The molecule has 2 heterocycles. The maximum atomic E-state index is 5.75. The molecule has 1 fully saturated rings. The molecule has 2 rings (SSSR count). The molecule has 0 bridgehead atoms. The molecule has 14 heavy (non-hydrogen) atoms. The lowest BCUT2D eigenvalue weighted by atomic mass is 10.2. The zero-order chi connectivity index (χ0) is 9.97. The third-order valence-corrected chi connectivity index (χ3v) is 3.74. The molecular weight excluding hydrogens is 264 g/mol. The Morgan fingerprint density at radius 3 is 3.21 bits per heavy atom. The molecule has 2 atom stereocenters. The average molecular weight is 277 g/mol. The van der Waals surface area contributed by atoms with E-state index in [4.69, 9.17) is 4.74 Å². The van der Waals surface area contributed by atoms with Gasteiger partial charge < -0.3 is 9.64 Å². The molecule has 1 aliphatic rings. The van der Waals surface area contributed by atoms with Crippen molar-refractivity contribution in [1.82, 2.24) is 4.98 Å². The van der Waals surface area contributed by atoms with Crippen molar-refractivity contribution in [2.24, 2.45) is 0 Å². The molecule has 2 unspecified atom stereocenters. The highest BCUT2D eigenvalue weighted by atomic mass is 79.9. The van der Waals surface area contributed by atoms with E-state index in [0.29, 0.717) is 0 Å². The van der Waals surface area contributed by atoms with Crippen molar-refractivity contribution in [3.63, 3.8) is 0 Å². The van der Waals surface area contributed by atoms with Crippen molar-refractivity contribution in [3.8, 4) is 0 Å². The molecule has 0 saturated carbocycles. The number of hydrogen-bond acceptors (Lipinski definition) is 4. The van der Waals surface area contributed by atoms with E-state index in [-0.39, 0.29) is 12.2 Å². The van der Waals surface area contributed by atoms with E-state index in [9.17, 15) is 0 Å². The van der Waals surface area contributed by atoms with E-state index in [0.717, 1.165) is 23.6 Å². The molecule has 3 nitrogen and oxygen atoms in total. The zero-order valence-corrected chi connectivity index (χ0v) is 10.4. The van der Waals surface area contributed by atoms with Crippen molar-refractivity contribution in [2.45, 2.75) is 19.1 Å². The van der Waals surface area contributed by atoms with Gasteiger partial charge in [-0.2, -0.15) is 0 Å². The first-order valence-electron chi connectivity index (χ1n) is 4.65. The van der Waals surface area contributed by atoms with Crippen LogP contribution >= 0.6 is 27.3 Å². The van der Waals surface area contributed by atoms with Gasteiger partial charge in [0.25, 0.3) is 0 Å². The predicted octanol–water partition coefficient (Wildman–Crippen LogP) is 2.13. The molecule has 1 saturated heterocycles. The summed E-state index contributed by atoms with van der Waals surface area (Å²) >= 11 is 5.15. The van der Waals surface area contributed by atoms with Gasteiger partial charge in [0.05, 0.1) is 12.2 Å². The van der Waals surface area contributed by atoms with Crippen molar-refractivity contribution >= 4 is 32.4 Å². The minimum Gasteiger partial charge on any atom is -0.371 e. The van der Waals surface area contributed by atoms with Crippen LogP contribution in [-0.4, -0.2) is 35.6 Å². The maximum Gasteiger partial charge on any atom is 0.185 e. The second-order valence-corrected chi connectivity index (χ2v) is 4.96. The highest BCUT2D eigenvalue weighted by molar-refractivity contribution is 9.09. The zero-order valence-electron chi connectivity index (χ0n) is 8.02. The van der Waals surface area contributed by atoms with Gasteiger partial charge in [-0.05, 0) is 6.92 Å². The van der Waals surface area contributed by atoms with Gasteiger partial charge in [-0.15, -0.1) is 11.3 Å². The smallest absolute Gasteiger partial charge is 0.185 e. The fourth-order valence-electron chi connectivity index (χ4n) is 1.66. The molecule has 1 aromatic rings. The Bertz CT molecular complexity index is 280. The third-order valence-electron chi connectivity index (χ3n) is 2.19. The normalized spacial score (nSPS) is 28.0. The summed E-state index contributed by atoms with van der Waals surface area (Å²) < 4.78 is 5.75. The van der Waals surface area contributed by atoms with Gasteiger partial charge in [0.1, 0.15) is 0 Å². The molecule has 0 spiro atoms. The Balaban J connectivity index is 2.05. The standard InChI is InChI=1S/C9H13BrN2OS/c1-7-5-12(6-8(4-10)13-7)9-11-2-3-14-9/h2-3,7-8H,4-6H2,1H3. The summed E-state index contributed by atoms with van der Waals surface area (Å²) in [6.45, 7) is 3.98. The average Bonchev–Trinajstić information content (AvgIpc) is 2.69. The number of hydrogen-bond donors (Lipinski definition) is 0.